The van der Waals surface area contributed by atoms with Gasteiger partial charge in [-0.15, -0.1) is 93.9 Å². The molecule has 2 aliphatic rings. The van der Waals surface area contributed by atoms with E-state index >= 15 is 0 Å². The first kappa shape index (κ1) is 54.7. The Labute approximate surface area is 396 Å². The first-order chi connectivity index (χ1) is 27.6. The number of alkyl halides is 3. The number of fused-ring (bicyclic) bond motifs is 2. The van der Waals surface area contributed by atoms with E-state index < -0.39 is 12.6 Å². The van der Waals surface area contributed by atoms with Crippen molar-refractivity contribution in [2.24, 2.45) is 11.8 Å². The Kier molecular flexibility index (Phi) is 22.0. The van der Waals surface area contributed by atoms with Gasteiger partial charge in [-0.3, -0.25) is 0 Å². The Morgan fingerprint density at radius 2 is 0.885 bits per heavy atom. The predicted octanol–water partition coefficient (Wildman–Crippen LogP) is 17.2. The van der Waals surface area contributed by atoms with E-state index in [9.17, 15) is 13.2 Å². The van der Waals surface area contributed by atoms with Crippen LogP contribution in [0.25, 0.3) is 43.8 Å². The van der Waals surface area contributed by atoms with Crippen molar-refractivity contribution in [1.82, 2.24) is 0 Å². The molecule has 6 aromatic rings. The van der Waals surface area contributed by atoms with E-state index in [0.29, 0.717) is 0 Å². The molecule has 2 fully saturated rings. The molecule has 7 heteroatoms. The van der Waals surface area contributed by atoms with Crippen LogP contribution in [0.2, 0.25) is 0 Å². The van der Waals surface area contributed by atoms with E-state index in [-0.39, 0.29) is 43.1 Å². The number of benzene rings is 4. The first-order valence-corrected chi connectivity index (χ1v) is 25.5. The Morgan fingerprint density at radius 1 is 0.574 bits per heavy atom. The summed E-state index contributed by atoms with van der Waals surface area (Å²) in [4.78, 5) is 0. The fourth-order valence-electron chi connectivity index (χ4n) is 8.73. The zero-order valence-corrected chi connectivity index (χ0v) is 42.6. The van der Waals surface area contributed by atoms with Gasteiger partial charge in [-0.05, 0) is 57.8 Å². The van der Waals surface area contributed by atoms with Crippen molar-refractivity contribution in [2.45, 2.75) is 129 Å². The van der Waals surface area contributed by atoms with Gasteiger partial charge in [0.25, 0.3) is 0 Å². The molecule has 6 aromatic carbocycles. The van der Waals surface area contributed by atoms with E-state index in [1.807, 2.05) is 0 Å². The molecule has 2 aliphatic carbocycles. The van der Waals surface area contributed by atoms with Crippen molar-refractivity contribution in [1.29, 1.82) is 0 Å². The molecular formula is C54H67Cl2F3SiZr-4. The van der Waals surface area contributed by atoms with Crippen LogP contribution in [0.1, 0.15) is 122 Å². The molecule has 0 heterocycles. The van der Waals surface area contributed by atoms with Gasteiger partial charge >= 0.3 is 36.4 Å². The molecule has 2 radical (unpaired) electrons. The van der Waals surface area contributed by atoms with Crippen LogP contribution >= 0.6 is 24.8 Å². The molecule has 0 N–H and O–H groups in total. The summed E-state index contributed by atoms with van der Waals surface area (Å²) in [5, 5.41) is 5.62. The summed E-state index contributed by atoms with van der Waals surface area (Å²) >= 11 is 1.36. The Hall–Kier alpha value is -2.43. The van der Waals surface area contributed by atoms with Crippen molar-refractivity contribution < 1.29 is 36.5 Å². The maximum absolute atomic E-state index is 10.7. The quantitative estimate of drug-likeness (QED) is 0.115. The van der Waals surface area contributed by atoms with Crippen molar-refractivity contribution >= 4 is 53.2 Å². The minimum atomic E-state index is -4.07. The van der Waals surface area contributed by atoms with Crippen LogP contribution in [-0.2, 0) is 47.0 Å². The van der Waals surface area contributed by atoms with Gasteiger partial charge in [0.05, 0.1) is 0 Å². The van der Waals surface area contributed by atoms with Crippen LogP contribution in [0.4, 0.5) is 13.2 Å². The van der Waals surface area contributed by atoms with E-state index in [0.717, 1.165) is 11.8 Å². The Bertz CT molecular complexity index is 2020. The molecule has 0 spiro atoms. The summed E-state index contributed by atoms with van der Waals surface area (Å²) in [5.74, 6) is 1.82. The predicted molar refractivity (Wildman–Crippen MR) is 261 cm³/mol. The summed E-state index contributed by atoms with van der Waals surface area (Å²) < 4.78 is 32.2. The average molecular weight is 963 g/mol. The standard InChI is InChI=1S/2C25H29.C3H4F3.CH3.2ClH.Si.Zr/c2*1-25(2,3)22-13-11-20(12-14-22)23-10-6-9-21-16-19(17-24(21)23)15-18-7-4-5-8-18;1-2-3(4,5)6;;;;;/h2*6,9-14,16-18H,4-5,7-8,15H2,1-3H3;1-2H2;1H3;2*1H;;/q4*-1;;;;. The van der Waals surface area contributed by atoms with Crippen LogP contribution < -0.4 is 0 Å². The number of hydrogen-bond donors (Lipinski definition) is 0. The second kappa shape index (κ2) is 24.6. The first-order valence-electron chi connectivity index (χ1n) is 21.3. The molecule has 330 valence electrons. The molecule has 0 nitrogen and oxygen atoms in total. The third-order valence-electron chi connectivity index (χ3n) is 12.0. The van der Waals surface area contributed by atoms with Crippen LogP contribution in [0.15, 0.2) is 109 Å². The van der Waals surface area contributed by atoms with Crippen LogP contribution in [0.3, 0.4) is 0 Å². The third-order valence-corrected chi connectivity index (χ3v) is 12.0. The molecule has 0 amide bonds. The molecular weight excluding hydrogens is 896 g/mol. The van der Waals surface area contributed by atoms with Crippen molar-refractivity contribution in [3.63, 3.8) is 0 Å². The second-order valence-electron chi connectivity index (χ2n) is 18.6. The number of rotatable bonds is 6. The van der Waals surface area contributed by atoms with Gasteiger partial charge in [-0.25, -0.2) is 0 Å². The monoisotopic (exact) mass is 960 g/mol. The van der Waals surface area contributed by atoms with Crippen LogP contribution in [0.5, 0.6) is 0 Å². The molecule has 0 aromatic heterocycles. The van der Waals surface area contributed by atoms with Crippen LogP contribution in [0, 0.1) is 26.2 Å². The molecule has 8 rings (SSSR count). The Balaban J connectivity index is 0.000000344. The maximum atomic E-state index is 10.7. The molecule has 0 saturated heterocycles. The molecule has 0 bridgehead atoms. The van der Waals surface area contributed by atoms with Gasteiger partial charge < -0.3 is 14.4 Å². The average Bonchev–Trinajstić information content (AvgIpc) is 4.04. The van der Waals surface area contributed by atoms with E-state index in [1.54, 1.807) is 0 Å². The topological polar surface area (TPSA) is 0 Å². The summed E-state index contributed by atoms with van der Waals surface area (Å²) in [5.41, 5.74) is 11.7. The van der Waals surface area contributed by atoms with Gasteiger partial charge in [0.2, 0.25) is 0 Å². The third kappa shape index (κ3) is 15.7. The molecule has 0 aliphatic heterocycles. The van der Waals surface area contributed by atoms with Crippen molar-refractivity contribution in [2.75, 3.05) is 0 Å². The van der Waals surface area contributed by atoms with Gasteiger partial charge in [-0.2, -0.15) is 25.3 Å². The van der Waals surface area contributed by atoms with Crippen LogP contribution in [-0.4, -0.2) is 13.1 Å². The zero-order valence-electron chi connectivity index (χ0n) is 37.5. The molecule has 0 unspecified atom stereocenters. The minimum absolute atomic E-state index is 0. The van der Waals surface area contributed by atoms with Gasteiger partial charge in [0.15, 0.2) is 0 Å². The zero-order chi connectivity index (χ0) is 42.1. The molecule has 0 atom stereocenters. The summed E-state index contributed by atoms with van der Waals surface area (Å²) in [6, 6.07) is 41.5. The summed E-state index contributed by atoms with van der Waals surface area (Å²) in [6.45, 7) is 19.3. The number of halogens is 5. The van der Waals surface area contributed by atoms with Crippen molar-refractivity contribution in [3.05, 3.63) is 146 Å². The normalized spacial score (nSPS) is 14.3. The Morgan fingerprint density at radius 3 is 1.16 bits per heavy atom. The molecule has 2 saturated carbocycles. The van der Waals surface area contributed by atoms with E-state index in [2.05, 4.69) is 165 Å². The van der Waals surface area contributed by atoms with E-state index in [4.69, 9.17) is 0 Å². The van der Waals surface area contributed by atoms with Gasteiger partial charge in [-0.1, -0.05) is 171 Å². The van der Waals surface area contributed by atoms with Gasteiger partial charge in [0.1, 0.15) is 0 Å². The van der Waals surface area contributed by atoms with Gasteiger partial charge in [0, 0.05) is 0 Å². The SMILES string of the molecule is CC(C)(C)c1ccc(-c2cccc3[cH-]c(CC4CCCC4)cc23)cc1.CC(C)(C)c1ccc(-c2cccc3[cH-]c(CC4CCCC4)cc23)cc1.Cl.Cl.[CH2-]CC(F)(F)F.[CH3-].[Si]=[Zr]. The summed E-state index contributed by atoms with van der Waals surface area (Å²) in [6.07, 6.45) is 8.86. The second-order valence-corrected chi connectivity index (χ2v) is 18.6. The number of hydrogen-bond acceptors (Lipinski definition) is 0. The fraction of sp³-hybridized carbons (Fsp3) is 0.407. The fourth-order valence-corrected chi connectivity index (χ4v) is 8.73. The van der Waals surface area contributed by atoms with E-state index in [1.165, 1.54) is 154 Å². The molecule has 61 heavy (non-hydrogen) atoms. The van der Waals surface area contributed by atoms with Crippen molar-refractivity contribution in [3.8, 4) is 22.3 Å². The summed E-state index contributed by atoms with van der Waals surface area (Å²) in [7, 11) is 0.